The molecule has 14 nitrogen and oxygen atoms in total. The van der Waals surface area contributed by atoms with Crippen molar-refractivity contribution in [3.05, 3.63) is 53.9 Å². The number of aromatic amines is 3. The molecule has 0 atom stereocenters. The summed E-state index contributed by atoms with van der Waals surface area (Å²) in [5, 5.41) is 24.4. The Bertz CT molecular complexity index is 1300. The van der Waals surface area contributed by atoms with Gasteiger partial charge in [-0.15, -0.1) is 0 Å². The van der Waals surface area contributed by atoms with Crippen LogP contribution >= 0.6 is 0 Å². The van der Waals surface area contributed by atoms with Crippen LogP contribution in [0, 0.1) is 0 Å². The average Bonchev–Trinajstić information content (AvgIpc) is 3.72. The van der Waals surface area contributed by atoms with Crippen molar-refractivity contribution in [3.63, 3.8) is 0 Å². The zero-order valence-corrected chi connectivity index (χ0v) is 24.3. The van der Waals surface area contributed by atoms with Crippen molar-refractivity contribution in [3.8, 4) is 0 Å². The van der Waals surface area contributed by atoms with Crippen LogP contribution < -0.4 is 15.2 Å². The van der Waals surface area contributed by atoms with Gasteiger partial charge < -0.3 is 45.2 Å². The molecule has 0 aliphatic heterocycles. The highest BCUT2D eigenvalue weighted by Crippen LogP contribution is 2.24. The van der Waals surface area contributed by atoms with Gasteiger partial charge in [-0.05, 0) is 45.3 Å². The number of hydrogen-bond donors (Lipinski definition) is 6. The van der Waals surface area contributed by atoms with E-state index in [1.54, 1.807) is 61.6 Å². The number of H-pyrrole nitrogens is 3. The second-order valence-electron chi connectivity index (χ2n) is 9.97. The second-order valence-corrected chi connectivity index (χ2v) is 9.97. The van der Waals surface area contributed by atoms with Gasteiger partial charge in [0.2, 0.25) is 0 Å². The van der Waals surface area contributed by atoms with Crippen LogP contribution in [0.1, 0.15) is 37.9 Å². The molecule has 0 aliphatic rings. The van der Waals surface area contributed by atoms with E-state index in [1.807, 2.05) is 14.1 Å². The van der Waals surface area contributed by atoms with Crippen LogP contribution in [0.15, 0.2) is 36.8 Å². The number of aliphatic hydroxyl groups is 2. The molecule has 3 heterocycles. The maximum Gasteiger partial charge on any atom is 0.289 e. The average molecular weight is 572 g/mol. The van der Waals surface area contributed by atoms with E-state index in [2.05, 4.69) is 25.2 Å². The summed E-state index contributed by atoms with van der Waals surface area (Å²) in [5.74, 6) is -0.952. The second kappa shape index (κ2) is 14.5. The molecule has 3 aromatic heterocycles. The first-order valence-electron chi connectivity index (χ1n) is 13.3. The minimum atomic E-state index is -0.409. The Labute approximate surface area is 239 Å². The lowest BCUT2D eigenvalue weighted by Gasteiger charge is -2.30. The molecular weight excluding hydrogens is 530 g/mol. The predicted molar refractivity (Wildman–Crippen MR) is 157 cm³/mol. The van der Waals surface area contributed by atoms with Gasteiger partial charge in [0.25, 0.3) is 17.7 Å². The summed E-state index contributed by atoms with van der Waals surface area (Å²) in [6.07, 6.45) is 5.59. The van der Waals surface area contributed by atoms with E-state index in [0.29, 0.717) is 35.8 Å². The Morgan fingerprint density at radius 1 is 0.732 bits per heavy atom. The molecule has 224 valence electrons. The summed E-state index contributed by atoms with van der Waals surface area (Å²) in [6.45, 7) is 1.74. The zero-order valence-electron chi connectivity index (χ0n) is 24.3. The molecule has 0 fully saturated rings. The number of aliphatic hydroxyl groups excluding tert-OH is 2. The van der Waals surface area contributed by atoms with Crippen molar-refractivity contribution >= 4 is 34.8 Å². The lowest BCUT2D eigenvalue weighted by Crippen LogP contribution is -2.45. The Morgan fingerprint density at radius 3 is 2.00 bits per heavy atom. The smallest absolute Gasteiger partial charge is 0.289 e. The number of rotatable bonds is 15. The van der Waals surface area contributed by atoms with Crippen molar-refractivity contribution in [2.45, 2.75) is 6.42 Å². The standard InChI is InChI=1S/C27H41N9O5/c1-32(2)8-6-9-33(3)25(39)23-14-20(17-30-23)35(5)26(40)24-15-21(18-31-24)36(34(4)10-12-38)27(41)22-13-19(16-29-22)28-7-11-37/h13-18,28-31,37-38H,6-12H2,1-5H3. The predicted octanol–water partition coefficient (Wildman–Crippen LogP) is 0.861. The largest absolute Gasteiger partial charge is 0.395 e. The number of nitrogens with one attached hydrogen (secondary N) is 4. The summed E-state index contributed by atoms with van der Waals surface area (Å²) < 4.78 is 0. The lowest BCUT2D eigenvalue weighted by molar-refractivity contribution is 0.0784. The normalized spacial score (nSPS) is 11.2. The summed E-state index contributed by atoms with van der Waals surface area (Å²) in [7, 11) is 8.96. The van der Waals surface area contributed by atoms with Gasteiger partial charge in [0, 0.05) is 59.4 Å². The molecule has 0 saturated heterocycles. The lowest BCUT2D eigenvalue weighted by atomic mass is 10.3. The molecule has 3 aromatic rings. The molecule has 14 heteroatoms. The van der Waals surface area contributed by atoms with E-state index >= 15 is 0 Å². The molecule has 0 aromatic carbocycles. The monoisotopic (exact) mass is 571 g/mol. The fraction of sp³-hybridized carbons (Fsp3) is 0.444. The Kier molecular flexibility index (Phi) is 11.1. The number of carbonyl (C=O) groups is 3. The van der Waals surface area contributed by atoms with Gasteiger partial charge in [0.1, 0.15) is 17.1 Å². The van der Waals surface area contributed by atoms with E-state index < -0.39 is 5.91 Å². The van der Waals surface area contributed by atoms with Gasteiger partial charge in [-0.2, -0.15) is 0 Å². The van der Waals surface area contributed by atoms with E-state index in [4.69, 9.17) is 5.11 Å². The Balaban J connectivity index is 1.75. The zero-order chi connectivity index (χ0) is 30.1. The molecule has 0 radical (unpaired) electrons. The van der Waals surface area contributed by atoms with Crippen molar-refractivity contribution in [1.82, 2.24) is 29.8 Å². The van der Waals surface area contributed by atoms with Gasteiger partial charge in [0.15, 0.2) is 0 Å². The highest BCUT2D eigenvalue weighted by Gasteiger charge is 2.26. The third-order valence-electron chi connectivity index (χ3n) is 6.49. The van der Waals surface area contributed by atoms with Crippen molar-refractivity contribution < 1.29 is 24.6 Å². The number of hydrazine groups is 1. The van der Waals surface area contributed by atoms with Crippen LogP contribution in [0.3, 0.4) is 0 Å². The van der Waals surface area contributed by atoms with Crippen LogP contribution in [0.5, 0.6) is 0 Å². The van der Waals surface area contributed by atoms with Crippen molar-refractivity contribution in [2.75, 3.05) is 89.9 Å². The van der Waals surface area contributed by atoms with Crippen molar-refractivity contribution in [2.24, 2.45) is 0 Å². The first-order valence-corrected chi connectivity index (χ1v) is 13.3. The van der Waals surface area contributed by atoms with E-state index in [0.717, 1.165) is 13.0 Å². The molecule has 3 amide bonds. The molecule has 0 bridgehead atoms. The molecular formula is C27H41N9O5. The van der Waals surface area contributed by atoms with Crippen LogP contribution in [-0.2, 0) is 0 Å². The number of likely N-dealkylation sites (N-methyl/N-ethyl adjacent to an activating group) is 1. The minimum absolute atomic E-state index is 0.0527. The fourth-order valence-electron chi connectivity index (χ4n) is 4.21. The number of carbonyl (C=O) groups excluding carboxylic acids is 3. The van der Waals surface area contributed by atoms with Crippen LogP contribution in [-0.4, -0.2) is 132 Å². The number of amides is 3. The van der Waals surface area contributed by atoms with Gasteiger partial charge in [-0.1, -0.05) is 0 Å². The van der Waals surface area contributed by atoms with Gasteiger partial charge >= 0.3 is 0 Å². The molecule has 0 unspecified atom stereocenters. The van der Waals surface area contributed by atoms with Gasteiger partial charge in [-0.3, -0.25) is 14.4 Å². The Morgan fingerprint density at radius 2 is 1.34 bits per heavy atom. The molecule has 3 rings (SSSR count). The number of hydrogen-bond acceptors (Lipinski definition) is 8. The minimum Gasteiger partial charge on any atom is -0.395 e. The summed E-state index contributed by atoms with van der Waals surface area (Å²) in [5.41, 5.74) is 2.42. The maximum absolute atomic E-state index is 13.4. The fourth-order valence-corrected chi connectivity index (χ4v) is 4.21. The number of nitrogens with zero attached hydrogens (tertiary/aromatic N) is 5. The first kappa shape index (κ1) is 31.4. The first-order chi connectivity index (χ1) is 19.6. The number of anilines is 3. The molecule has 0 aliphatic carbocycles. The molecule has 0 saturated carbocycles. The third-order valence-corrected chi connectivity index (χ3v) is 6.49. The van der Waals surface area contributed by atoms with Gasteiger partial charge in [-0.25, -0.2) is 10.0 Å². The SMILES string of the molecule is CN(C)CCCN(C)C(=O)c1cc(N(C)C(=O)c2cc(N(C(=O)c3cc(NCCO)c[nH]3)N(C)CCO)c[nH]2)c[nH]1. The van der Waals surface area contributed by atoms with E-state index in [1.165, 1.54) is 16.1 Å². The molecule has 0 spiro atoms. The van der Waals surface area contributed by atoms with Crippen LogP contribution in [0.25, 0.3) is 0 Å². The van der Waals surface area contributed by atoms with Crippen LogP contribution in [0.2, 0.25) is 0 Å². The topological polar surface area (TPSA) is 167 Å². The highest BCUT2D eigenvalue weighted by atomic mass is 16.3. The summed E-state index contributed by atoms with van der Waals surface area (Å²) >= 11 is 0. The summed E-state index contributed by atoms with van der Waals surface area (Å²) in [4.78, 5) is 53.5. The molecule has 6 N–H and O–H groups in total. The summed E-state index contributed by atoms with van der Waals surface area (Å²) in [6, 6.07) is 4.80. The van der Waals surface area contributed by atoms with Gasteiger partial charge in [0.05, 0.1) is 30.3 Å². The maximum atomic E-state index is 13.4. The van der Waals surface area contributed by atoms with E-state index in [-0.39, 0.29) is 43.0 Å². The molecule has 41 heavy (non-hydrogen) atoms. The highest BCUT2D eigenvalue weighted by molar-refractivity contribution is 6.08. The Hall–Kier alpha value is -4.11. The van der Waals surface area contributed by atoms with Crippen molar-refractivity contribution in [1.29, 1.82) is 0 Å². The number of aromatic nitrogens is 3. The van der Waals surface area contributed by atoms with E-state index in [9.17, 15) is 19.5 Å². The quantitative estimate of drug-likeness (QED) is 0.146. The third kappa shape index (κ3) is 7.98. The van der Waals surface area contributed by atoms with Crippen LogP contribution in [0.4, 0.5) is 17.1 Å².